The highest BCUT2D eigenvalue weighted by molar-refractivity contribution is 7.18. The van der Waals surface area contributed by atoms with Gasteiger partial charge in [0.2, 0.25) is 5.13 Å². The van der Waals surface area contributed by atoms with Crippen molar-refractivity contribution in [2.45, 2.75) is 0 Å². The van der Waals surface area contributed by atoms with Gasteiger partial charge in [-0.1, -0.05) is 48.3 Å². The van der Waals surface area contributed by atoms with Gasteiger partial charge < -0.3 is 10.1 Å². The Balaban J connectivity index is 2.06. The SMILES string of the molecule is C=Cc1ccc(-c2nnc(NCCOC)s2)cc1. The van der Waals surface area contributed by atoms with Crippen molar-refractivity contribution in [1.82, 2.24) is 10.2 Å². The van der Waals surface area contributed by atoms with Gasteiger partial charge in [-0.15, -0.1) is 10.2 Å². The second kappa shape index (κ2) is 6.28. The maximum absolute atomic E-state index is 4.97. The van der Waals surface area contributed by atoms with E-state index in [1.54, 1.807) is 7.11 Å². The summed E-state index contributed by atoms with van der Waals surface area (Å²) in [6, 6.07) is 8.08. The standard InChI is InChI=1S/C13H15N3OS/c1-3-10-4-6-11(7-5-10)12-15-16-13(18-12)14-8-9-17-2/h3-7H,1,8-9H2,2H3,(H,14,16). The topological polar surface area (TPSA) is 47.0 Å². The highest BCUT2D eigenvalue weighted by Gasteiger charge is 2.05. The molecule has 0 amide bonds. The maximum atomic E-state index is 4.97. The van der Waals surface area contributed by atoms with Gasteiger partial charge in [0.1, 0.15) is 5.01 Å². The smallest absolute Gasteiger partial charge is 0.206 e. The molecule has 1 aromatic carbocycles. The molecule has 0 saturated carbocycles. The van der Waals surface area contributed by atoms with Crippen LogP contribution in [0.15, 0.2) is 30.8 Å². The summed E-state index contributed by atoms with van der Waals surface area (Å²) in [5.41, 5.74) is 2.17. The van der Waals surface area contributed by atoms with Crippen LogP contribution in [-0.2, 0) is 4.74 Å². The van der Waals surface area contributed by atoms with E-state index in [2.05, 4.69) is 22.1 Å². The minimum absolute atomic E-state index is 0.656. The molecule has 1 N–H and O–H groups in total. The van der Waals surface area contributed by atoms with E-state index in [-0.39, 0.29) is 0 Å². The third kappa shape index (κ3) is 3.15. The molecule has 1 heterocycles. The van der Waals surface area contributed by atoms with Gasteiger partial charge in [-0.2, -0.15) is 0 Å². The summed E-state index contributed by atoms with van der Waals surface area (Å²) < 4.78 is 4.97. The molecule has 0 aliphatic heterocycles. The zero-order valence-corrected chi connectivity index (χ0v) is 11.0. The fourth-order valence-corrected chi connectivity index (χ4v) is 2.21. The van der Waals surface area contributed by atoms with E-state index in [1.165, 1.54) is 11.3 Å². The van der Waals surface area contributed by atoms with Crippen LogP contribution in [0, 0.1) is 0 Å². The number of benzene rings is 1. The fourth-order valence-electron chi connectivity index (χ4n) is 1.43. The molecule has 2 aromatic rings. The van der Waals surface area contributed by atoms with Crippen LogP contribution in [0.5, 0.6) is 0 Å². The number of nitrogens with zero attached hydrogens (tertiary/aromatic N) is 2. The number of nitrogens with one attached hydrogen (secondary N) is 1. The van der Waals surface area contributed by atoms with Crippen molar-refractivity contribution in [3.05, 3.63) is 36.4 Å². The van der Waals surface area contributed by atoms with Crippen LogP contribution in [0.1, 0.15) is 5.56 Å². The van der Waals surface area contributed by atoms with Crippen molar-refractivity contribution in [2.24, 2.45) is 0 Å². The van der Waals surface area contributed by atoms with E-state index in [4.69, 9.17) is 4.74 Å². The summed E-state index contributed by atoms with van der Waals surface area (Å²) in [7, 11) is 1.67. The van der Waals surface area contributed by atoms with Crippen molar-refractivity contribution in [1.29, 1.82) is 0 Å². The third-order valence-corrected chi connectivity index (χ3v) is 3.33. The Morgan fingerprint density at radius 1 is 1.33 bits per heavy atom. The number of hydrogen-bond donors (Lipinski definition) is 1. The first-order valence-corrected chi connectivity index (χ1v) is 6.44. The summed E-state index contributed by atoms with van der Waals surface area (Å²) in [5.74, 6) is 0. The molecule has 0 saturated heterocycles. The molecule has 1 aromatic heterocycles. The molecule has 2 rings (SSSR count). The number of methoxy groups -OCH3 is 1. The van der Waals surface area contributed by atoms with E-state index >= 15 is 0 Å². The highest BCUT2D eigenvalue weighted by atomic mass is 32.1. The molecule has 94 valence electrons. The van der Waals surface area contributed by atoms with Gasteiger partial charge >= 0.3 is 0 Å². The summed E-state index contributed by atoms with van der Waals surface area (Å²) in [6.07, 6.45) is 1.82. The molecule has 18 heavy (non-hydrogen) atoms. The van der Waals surface area contributed by atoms with E-state index < -0.39 is 0 Å². The lowest BCUT2D eigenvalue weighted by atomic mass is 10.1. The van der Waals surface area contributed by atoms with E-state index in [9.17, 15) is 0 Å². The Bertz CT molecular complexity index is 507. The summed E-state index contributed by atoms with van der Waals surface area (Å²) >= 11 is 1.54. The normalized spacial score (nSPS) is 10.3. The molecular weight excluding hydrogens is 246 g/mol. The molecule has 0 bridgehead atoms. The largest absolute Gasteiger partial charge is 0.383 e. The number of hydrogen-bond acceptors (Lipinski definition) is 5. The Hall–Kier alpha value is -1.72. The van der Waals surface area contributed by atoms with Crippen molar-refractivity contribution in [3.63, 3.8) is 0 Å². The molecule has 0 aliphatic carbocycles. The molecular formula is C13H15N3OS. The lowest BCUT2D eigenvalue weighted by Crippen LogP contribution is -2.06. The molecule has 0 spiro atoms. The summed E-state index contributed by atoms with van der Waals surface area (Å²) in [4.78, 5) is 0. The zero-order valence-electron chi connectivity index (χ0n) is 10.2. The molecule has 5 heteroatoms. The van der Waals surface area contributed by atoms with Gasteiger partial charge in [0.05, 0.1) is 6.61 Å². The third-order valence-electron chi connectivity index (χ3n) is 2.40. The average Bonchev–Trinajstić information content (AvgIpc) is 2.88. The van der Waals surface area contributed by atoms with Gasteiger partial charge in [0, 0.05) is 19.2 Å². The lowest BCUT2D eigenvalue weighted by molar-refractivity contribution is 0.211. The van der Waals surface area contributed by atoms with Crippen LogP contribution in [-0.4, -0.2) is 30.5 Å². The van der Waals surface area contributed by atoms with Crippen LogP contribution in [0.3, 0.4) is 0 Å². The van der Waals surface area contributed by atoms with Crippen molar-refractivity contribution >= 4 is 22.5 Å². The molecule has 0 unspecified atom stereocenters. The Labute approximate surface area is 110 Å². The van der Waals surface area contributed by atoms with Gasteiger partial charge in [0.25, 0.3) is 0 Å². The molecule has 0 fully saturated rings. The first-order chi connectivity index (χ1) is 8.83. The molecule has 4 nitrogen and oxygen atoms in total. The van der Waals surface area contributed by atoms with Crippen LogP contribution in [0.25, 0.3) is 16.6 Å². The van der Waals surface area contributed by atoms with Crippen molar-refractivity contribution in [2.75, 3.05) is 25.6 Å². The summed E-state index contributed by atoms with van der Waals surface area (Å²) in [5, 5.41) is 13.1. The monoisotopic (exact) mass is 261 g/mol. The second-order valence-corrected chi connectivity index (χ2v) is 4.64. The first kappa shape index (κ1) is 12.7. The fraction of sp³-hybridized carbons (Fsp3) is 0.231. The van der Waals surface area contributed by atoms with Gasteiger partial charge in [-0.05, 0) is 5.56 Å². The van der Waals surface area contributed by atoms with Gasteiger partial charge in [0.15, 0.2) is 0 Å². The predicted molar refractivity (Wildman–Crippen MR) is 75.8 cm³/mol. The number of anilines is 1. The summed E-state index contributed by atoms with van der Waals surface area (Å²) in [6.45, 7) is 5.12. The maximum Gasteiger partial charge on any atom is 0.206 e. The van der Waals surface area contributed by atoms with Crippen LogP contribution >= 0.6 is 11.3 Å². The molecule has 0 aliphatic rings. The van der Waals surface area contributed by atoms with E-state index in [0.717, 1.165) is 27.8 Å². The number of aromatic nitrogens is 2. The van der Waals surface area contributed by atoms with Crippen LogP contribution in [0.4, 0.5) is 5.13 Å². The molecule has 0 atom stereocenters. The number of ether oxygens (including phenoxy) is 1. The van der Waals surface area contributed by atoms with Gasteiger partial charge in [-0.3, -0.25) is 0 Å². The van der Waals surface area contributed by atoms with Crippen molar-refractivity contribution in [3.8, 4) is 10.6 Å². The minimum atomic E-state index is 0.656. The number of rotatable bonds is 6. The second-order valence-electron chi connectivity index (χ2n) is 3.66. The minimum Gasteiger partial charge on any atom is -0.383 e. The van der Waals surface area contributed by atoms with E-state index in [1.807, 2.05) is 30.3 Å². The zero-order chi connectivity index (χ0) is 12.8. The molecule has 0 radical (unpaired) electrons. The van der Waals surface area contributed by atoms with Crippen molar-refractivity contribution < 1.29 is 4.74 Å². The average molecular weight is 261 g/mol. The van der Waals surface area contributed by atoms with Crippen LogP contribution in [0.2, 0.25) is 0 Å². The lowest BCUT2D eigenvalue weighted by Gasteiger charge is -1.99. The Kier molecular flexibility index (Phi) is 4.44. The Morgan fingerprint density at radius 2 is 2.11 bits per heavy atom. The van der Waals surface area contributed by atoms with E-state index in [0.29, 0.717) is 6.61 Å². The first-order valence-electron chi connectivity index (χ1n) is 5.62. The highest BCUT2D eigenvalue weighted by Crippen LogP contribution is 2.26. The van der Waals surface area contributed by atoms with Gasteiger partial charge in [-0.25, -0.2) is 0 Å². The predicted octanol–water partition coefficient (Wildman–Crippen LogP) is 2.91. The quantitative estimate of drug-likeness (QED) is 0.812. The Morgan fingerprint density at radius 3 is 2.78 bits per heavy atom. The van der Waals surface area contributed by atoms with Crippen LogP contribution < -0.4 is 5.32 Å².